The topological polar surface area (TPSA) is 109 Å². The first-order chi connectivity index (χ1) is 7.18. The molecule has 0 bridgehead atoms. The number of nitrogens with zero attached hydrogens (tertiary/aromatic N) is 5. The highest BCUT2D eigenvalue weighted by Gasteiger charge is 2.14. The molecule has 1 atom stereocenters. The van der Waals surface area contributed by atoms with Crippen LogP contribution in [0.25, 0.3) is 5.95 Å². The van der Waals surface area contributed by atoms with Gasteiger partial charge in [-0.15, -0.1) is 17.5 Å². The first kappa shape index (κ1) is 12.3. The lowest BCUT2D eigenvalue weighted by molar-refractivity contribution is 0.669. The molecule has 0 saturated carbocycles. The molecule has 0 radical (unpaired) electrons. The Morgan fingerprint density at radius 2 is 1.94 bits per heavy atom. The van der Waals surface area contributed by atoms with Crippen LogP contribution in [0.5, 0.6) is 0 Å². The molecule has 0 aliphatic carbocycles. The summed E-state index contributed by atoms with van der Waals surface area (Å²) in [5.74, 6) is 1.11. The van der Waals surface area contributed by atoms with Crippen LogP contribution in [0.15, 0.2) is 18.5 Å². The van der Waals surface area contributed by atoms with Gasteiger partial charge < -0.3 is 11.5 Å². The van der Waals surface area contributed by atoms with Crippen molar-refractivity contribution in [3.63, 3.8) is 0 Å². The second kappa shape index (κ2) is 4.86. The predicted molar refractivity (Wildman–Crippen MR) is 61.2 cm³/mol. The molecule has 1 unspecified atom stereocenters. The van der Waals surface area contributed by atoms with Crippen LogP contribution in [0.1, 0.15) is 18.8 Å². The van der Waals surface area contributed by atoms with Crippen LogP contribution < -0.4 is 11.5 Å². The highest BCUT2D eigenvalue weighted by Crippen LogP contribution is 2.11. The van der Waals surface area contributed by atoms with Gasteiger partial charge in [0, 0.05) is 12.4 Å². The van der Waals surface area contributed by atoms with Crippen molar-refractivity contribution in [2.45, 2.75) is 13.0 Å². The number of rotatable bonds is 2. The molecule has 7 nitrogen and oxygen atoms in total. The van der Waals surface area contributed by atoms with Gasteiger partial charge in [0.15, 0.2) is 5.82 Å². The first-order valence-corrected chi connectivity index (χ1v) is 4.44. The van der Waals surface area contributed by atoms with Gasteiger partial charge in [-0.1, -0.05) is 0 Å². The lowest BCUT2D eigenvalue weighted by Crippen LogP contribution is -2.14. The highest BCUT2D eigenvalue weighted by atomic mass is 35.5. The number of anilines is 1. The van der Waals surface area contributed by atoms with E-state index in [1.807, 2.05) is 0 Å². The third-order valence-corrected chi connectivity index (χ3v) is 1.80. The summed E-state index contributed by atoms with van der Waals surface area (Å²) < 4.78 is 1.44. The van der Waals surface area contributed by atoms with Gasteiger partial charge in [-0.05, 0) is 13.0 Å². The molecule has 2 heterocycles. The van der Waals surface area contributed by atoms with Gasteiger partial charge in [0.05, 0.1) is 6.04 Å². The normalized spacial score (nSPS) is 11.9. The van der Waals surface area contributed by atoms with Crippen molar-refractivity contribution in [2.24, 2.45) is 5.73 Å². The Labute approximate surface area is 98.3 Å². The van der Waals surface area contributed by atoms with Gasteiger partial charge in [-0.2, -0.15) is 9.67 Å². The molecule has 0 fully saturated rings. The summed E-state index contributed by atoms with van der Waals surface area (Å²) in [5, 5.41) is 3.98. The summed E-state index contributed by atoms with van der Waals surface area (Å²) in [4.78, 5) is 12.1. The maximum Gasteiger partial charge on any atom is 0.252 e. The molecule has 2 aromatic heterocycles. The summed E-state index contributed by atoms with van der Waals surface area (Å²) in [6, 6.07) is 1.44. The zero-order valence-electron chi connectivity index (χ0n) is 8.61. The fourth-order valence-electron chi connectivity index (χ4n) is 1.18. The van der Waals surface area contributed by atoms with Crippen LogP contribution in [-0.2, 0) is 0 Å². The van der Waals surface area contributed by atoms with Crippen LogP contribution in [0, 0.1) is 0 Å². The maximum atomic E-state index is 5.73. The number of halogens is 1. The third-order valence-electron chi connectivity index (χ3n) is 1.80. The average Bonchev–Trinajstić information content (AvgIpc) is 2.62. The van der Waals surface area contributed by atoms with Crippen molar-refractivity contribution in [3.8, 4) is 5.95 Å². The molecule has 0 spiro atoms. The van der Waals surface area contributed by atoms with E-state index in [-0.39, 0.29) is 24.4 Å². The largest absolute Gasteiger partial charge is 0.366 e. The minimum absolute atomic E-state index is 0. The molecule has 16 heavy (non-hydrogen) atoms. The van der Waals surface area contributed by atoms with E-state index in [9.17, 15) is 0 Å². The minimum Gasteiger partial charge on any atom is -0.366 e. The van der Waals surface area contributed by atoms with Crippen molar-refractivity contribution in [2.75, 3.05) is 5.73 Å². The Morgan fingerprint density at radius 1 is 1.31 bits per heavy atom. The average molecular weight is 242 g/mol. The summed E-state index contributed by atoms with van der Waals surface area (Å²) in [5.41, 5.74) is 11.2. The number of hydrogen-bond donors (Lipinski definition) is 2. The van der Waals surface area contributed by atoms with Gasteiger partial charge in [-0.25, -0.2) is 9.97 Å². The predicted octanol–water partition coefficient (Wildman–Crippen LogP) is 0.0810. The van der Waals surface area contributed by atoms with E-state index in [1.165, 1.54) is 4.68 Å². The maximum absolute atomic E-state index is 5.73. The summed E-state index contributed by atoms with van der Waals surface area (Å²) >= 11 is 0. The number of nitrogens with two attached hydrogens (primary N) is 2. The second-order valence-corrected chi connectivity index (χ2v) is 3.08. The van der Waals surface area contributed by atoms with Crippen LogP contribution in [-0.4, -0.2) is 24.7 Å². The number of hydrogen-bond acceptors (Lipinski definition) is 6. The molecule has 4 N–H and O–H groups in total. The van der Waals surface area contributed by atoms with E-state index in [4.69, 9.17) is 11.5 Å². The minimum atomic E-state index is -0.279. The zero-order valence-corrected chi connectivity index (χ0v) is 9.42. The molecule has 0 aliphatic heterocycles. The molecule has 86 valence electrons. The summed E-state index contributed by atoms with van der Waals surface area (Å²) in [7, 11) is 0. The third kappa shape index (κ3) is 2.26. The van der Waals surface area contributed by atoms with E-state index in [2.05, 4.69) is 20.1 Å². The molecular weight excluding hydrogens is 230 g/mol. The fraction of sp³-hybridized carbons (Fsp3) is 0.250. The fourth-order valence-corrected chi connectivity index (χ4v) is 1.18. The monoisotopic (exact) mass is 241 g/mol. The molecule has 0 amide bonds. The first-order valence-electron chi connectivity index (χ1n) is 4.44. The van der Waals surface area contributed by atoms with E-state index >= 15 is 0 Å². The highest BCUT2D eigenvalue weighted by molar-refractivity contribution is 5.85. The SMILES string of the molecule is CC(N)c1nc(N)nn1-c1ncccn1.Cl. The summed E-state index contributed by atoms with van der Waals surface area (Å²) in [6.45, 7) is 1.79. The van der Waals surface area contributed by atoms with Crippen LogP contribution >= 0.6 is 12.4 Å². The number of aromatic nitrogens is 5. The van der Waals surface area contributed by atoms with Crippen molar-refractivity contribution >= 4 is 18.4 Å². The van der Waals surface area contributed by atoms with Crippen LogP contribution in [0.3, 0.4) is 0 Å². The quantitative estimate of drug-likeness (QED) is 0.771. The standard InChI is InChI=1S/C8H11N7.ClH/c1-5(9)6-13-7(10)14-15(6)8-11-3-2-4-12-8;/h2-5H,9H2,1H3,(H2,10,14);1H. The molecule has 2 rings (SSSR count). The van der Waals surface area contributed by atoms with Crippen molar-refractivity contribution in [1.29, 1.82) is 0 Å². The van der Waals surface area contributed by atoms with E-state index < -0.39 is 0 Å². The van der Waals surface area contributed by atoms with E-state index in [0.717, 1.165) is 0 Å². The van der Waals surface area contributed by atoms with Gasteiger partial charge in [-0.3, -0.25) is 0 Å². The molecule has 0 aliphatic rings. The van der Waals surface area contributed by atoms with Crippen molar-refractivity contribution in [1.82, 2.24) is 24.7 Å². The molecule has 0 aromatic carbocycles. The zero-order chi connectivity index (χ0) is 10.8. The molecule has 0 saturated heterocycles. The van der Waals surface area contributed by atoms with E-state index in [0.29, 0.717) is 11.8 Å². The van der Waals surface area contributed by atoms with Crippen LogP contribution in [0.2, 0.25) is 0 Å². The van der Waals surface area contributed by atoms with E-state index in [1.54, 1.807) is 25.4 Å². The van der Waals surface area contributed by atoms with Crippen molar-refractivity contribution < 1.29 is 0 Å². The molecular formula is C8H12ClN7. The second-order valence-electron chi connectivity index (χ2n) is 3.08. The molecule has 2 aromatic rings. The Balaban J connectivity index is 0.00000128. The summed E-state index contributed by atoms with van der Waals surface area (Å²) in [6.07, 6.45) is 3.23. The lowest BCUT2D eigenvalue weighted by Gasteiger charge is -2.05. The van der Waals surface area contributed by atoms with Gasteiger partial charge in [0.2, 0.25) is 5.95 Å². The molecule has 8 heteroatoms. The Hall–Kier alpha value is -1.73. The van der Waals surface area contributed by atoms with Crippen LogP contribution in [0.4, 0.5) is 5.95 Å². The van der Waals surface area contributed by atoms with Gasteiger partial charge >= 0.3 is 0 Å². The Bertz CT molecular complexity index is 453. The Kier molecular flexibility index (Phi) is 3.75. The lowest BCUT2D eigenvalue weighted by atomic mass is 10.3. The number of nitrogen functional groups attached to an aromatic ring is 1. The Morgan fingerprint density at radius 3 is 2.50 bits per heavy atom. The smallest absolute Gasteiger partial charge is 0.252 e. The van der Waals surface area contributed by atoms with Gasteiger partial charge in [0.25, 0.3) is 5.95 Å². The van der Waals surface area contributed by atoms with Crippen molar-refractivity contribution in [3.05, 3.63) is 24.3 Å². The van der Waals surface area contributed by atoms with Gasteiger partial charge in [0.1, 0.15) is 0 Å².